The van der Waals surface area contributed by atoms with Gasteiger partial charge in [-0.15, -0.1) is 0 Å². The lowest BCUT2D eigenvalue weighted by Crippen LogP contribution is -2.44. The number of hydrogen-bond acceptors (Lipinski definition) is 7. The lowest BCUT2D eigenvalue weighted by Gasteiger charge is -2.31. The SMILES string of the molecule is Cc1cc(C)nc(OC2CCCN(S(=O)(=O)c3cccc([N+](=O)[O-])c3)C2)n1. The van der Waals surface area contributed by atoms with Gasteiger partial charge in [-0.25, -0.2) is 18.4 Å². The van der Waals surface area contributed by atoms with Crippen LogP contribution in [0.15, 0.2) is 35.2 Å². The van der Waals surface area contributed by atoms with Crippen LogP contribution < -0.4 is 4.74 Å². The Morgan fingerprint density at radius 3 is 2.59 bits per heavy atom. The second-order valence-corrected chi connectivity index (χ2v) is 8.37. The summed E-state index contributed by atoms with van der Waals surface area (Å²) >= 11 is 0. The van der Waals surface area contributed by atoms with Gasteiger partial charge in [-0.05, 0) is 38.8 Å². The zero-order chi connectivity index (χ0) is 19.6. The molecule has 1 aliphatic rings. The van der Waals surface area contributed by atoms with E-state index in [9.17, 15) is 18.5 Å². The van der Waals surface area contributed by atoms with Gasteiger partial charge < -0.3 is 4.74 Å². The molecule has 2 heterocycles. The molecule has 1 fully saturated rings. The highest BCUT2D eigenvalue weighted by atomic mass is 32.2. The summed E-state index contributed by atoms with van der Waals surface area (Å²) in [7, 11) is -3.85. The molecule has 0 bridgehead atoms. The van der Waals surface area contributed by atoms with Crippen LogP contribution >= 0.6 is 0 Å². The van der Waals surface area contributed by atoms with Crippen LogP contribution in [0.1, 0.15) is 24.2 Å². The van der Waals surface area contributed by atoms with Crippen molar-refractivity contribution < 1.29 is 18.1 Å². The van der Waals surface area contributed by atoms with Gasteiger partial charge in [0, 0.05) is 30.1 Å². The second-order valence-electron chi connectivity index (χ2n) is 6.43. The summed E-state index contributed by atoms with van der Waals surface area (Å²) in [5.74, 6) is 0. The molecule has 2 aromatic rings. The first-order valence-electron chi connectivity index (χ1n) is 8.49. The average Bonchev–Trinajstić information content (AvgIpc) is 2.61. The maximum atomic E-state index is 12.9. The Morgan fingerprint density at radius 1 is 1.22 bits per heavy atom. The first kappa shape index (κ1) is 19.2. The summed E-state index contributed by atoms with van der Waals surface area (Å²) in [6, 6.07) is 7.12. The van der Waals surface area contributed by atoms with E-state index < -0.39 is 14.9 Å². The third-order valence-corrected chi connectivity index (χ3v) is 6.10. The predicted octanol–water partition coefficient (Wildman–Crippen LogP) is 2.23. The van der Waals surface area contributed by atoms with E-state index in [-0.39, 0.29) is 29.2 Å². The number of non-ortho nitro benzene ring substituents is 1. The van der Waals surface area contributed by atoms with Crippen LogP contribution in [0.25, 0.3) is 0 Å². The van der Waals surface area contributed by atoms with Crippen LogP contribution in [0, 0.1) is 24.0 Å². The maximum Gasteiger partial charge on any atom is 0.317 e. The second kappa shape index (κ2) is 7.57. The van der Waals surface area contributed by atoms with E-state index in [0.717, 1.165) is 17.5 Å². The highest BCUT2D eigenvalue weighted by Gasteiger charge is 2.32. The number of benzene rings is 1. The predicted molar refractivity (Wildman–Crippen MR) is 97.0 cm³/mol. The summed E-state index contributed by atoms with van der Waals surface area (Å²) in [6.45, 7) is 4.14. The van der Waals surface area contributed by atoms with Gasteiger partial charge in [0.2, 0.25) is 10.0 Å². The van der Waals surface area contributed by atoms with Crippen LogP contribution in [0.4, 0.5) is 5.69 Å². The molecule has 9 nitrogen and oxygen atoms in total. The van der Waals surface area contributed by atoms with Gasteiger partial charge in [-0.3, -0.25) is 10.1 Å². The quantitative estimate of drug-likeness (QED) is 0.566. The standard InChI is InChI=1S/C17H20N4O5S/c1-12-9-13(2)19-17(18-12)26-15-6-4-8-20(11-15)27(24,25)16-7-3-5-14(10-16)21(22)23/h3,5,7,9-10,15H,4,6,8,11H2,1-2H3. The summed E-state index contributed by atoms with van der Waals surface area (Å²) in [4.78, 5) is 18.7. The highest BCUT2D eigenvalue weighted by molar-refractivity contribution is 7.89. The number of ether oxygens (including phenoxy) is 1. The third kappa shape index (κ3) is 4.40. The molecular weight excluding hydrogens is 372 g/mol. The molecule has 144 valence electrons. The van der Waals surface area contributed by atoms with E-state index in [2.05, 4.69) is 9.97 Å². The number of nitro benzene ring substituents is 1. The van der Waals surface area contributed by atoms with Crippen LogP contribution in [0.2, 0.25) is 0 Å². The molecule has 27 heavy (non-hydrogen) atoms. The number of hydrogen-bond donors (Lipinski definition) is 0. The van der Waals surface area contributed by atoms with Crippen molar-refractivity contribution >= 4 is 15.7 Å². The molecule has 1 saturated heterocycles. The molecule has 3 rings (SSSR count). The lowest BCUT2D eigenvalue weighted by atomic mass is 10.1. The molecule has 1 aliphatic heterocycles. The Labute approximate surface area is 157 Å². The first-order chi connectivity index (χ1) is 12.8. The van der Waals surface area contributed by atoms with Crippen molar-refractivity contribution in [2.45, 2.75) is 37.7 Å². The topological polar surface area (TPSA) is 116 Å². The van der Waals surface area contributed by atoms with Crippen molar-refractivity contribution in [3.05, 3.63) is 51.8 Å². The molecule has 0 saturated carbocycles. The van der Waals surface area contributed by atoms with Gasteiger partial charge in [0.1, 0.15) is 6.10 Å². The van der Waals surface area contributed by atoms with Crippen LogP contribution in [0.3, 0.4) is 0 Å². The van der Waals surface area contributed by atoms with E-state index in [1.54, 1.807) is 0 Å². The fraction of sp³-hybridized carbons (Fsp3) is 0.412. The smallest absolute Gasteiger partial charge is 0.317 e. The van der Waals surface area contributed by atoms with E-state index in [1.165, 1.54) is 22.5 Å². The van der Waals surface area contributed by atoms with Crippen LogP contribution in [-0.4, -0.2) is 46.8 Å². The molecule has 1 unspecified atom stereocenters. The summed E-state index contributed by atoms with van der Waals surface area (Å²) in [5.41, 5.74) is 1.29. The van der Waals surface area contributed by atoms with Crippen molar-refractivity contribution in [1.29, 1.82) is 0 Å². The van der Waals surface area contributed by atoms with Gasteiger partial charge in [0.25, 0.3) is 5.69 Å². The van der Waals surface area contributed by atoms with Crippen LogP contribution in [-0.2, 0) is 10.0 Å². The number of nitro groups is 1. The van der Waals surface area contributed by atoms with Crippen molar-refractivity contribution in [1.82, 2.24) is 14.3 Å². The molecule has 1 aromatic carbocycles. The Kier molecular flexibility index (Phi) is 5.38. The summed E-state index contributed by atoms with van der Waals surface area (Å²) in [6.07, 6.45) is 0.911. The fourth-order valence-electron chi connectivity index (χ4n) is 3.02. The first-order valence-corrected chi connectivity index (χ1v) is 9.93. The number of aromatic nitrogens is 2. The monoisotopic (exact) mass is 392 g/mol. The molecule has 1 atom stereocenters. The molecule has 0 aliphatic carbocycles. The molecule has 0 radical (unpaired) electrons. The van der Waals surface area contributed by atoms with E-state index in [1.807, 2.05) is 19.9 Å². The van der Waals surface area contributed by atoms with Crippen molar-refractivity contribution in [3.8, 4) is 6.01 Å². The lowest BCUT2D eigenvalue weighted by molar-refractivity contribution is -0.385. The zero-order valence-electron chi connectivity index (χ0n) is 15.0. The number of aryl methyl sites for hydroxylation is 2. The number of rotatable bonds is 5. The minimum Gasteiger partial charge on any atom is -0.459 e. The number of nitrogens with zero attached hydrogens (tertiary/aromatic N) is 4. The highest BCUT2D eigenvalue weighted by Crippen LogP contribution is 2.25. The number of sulfonamides is 1. The normalized spacial score (nSPS) is 18.2. The van der Waals surface area contributed by atoms with Gasteiger partial charge >= 0.3 is 6.01 Å². The van der Waals surface area contributed by atoms with Crippen molar-refractivity contribution in [3.63, 3.8) is 0 Å². The number of piperidine rings is 1. The minimum absolute atomic E-state index is 0.0972. The Morgan fingerprint density at radius 2 is 1.93 bits per heavy atom. The maximum absolute atomic E-state index is 12.9. The fourth-order valence-corrected chi connectivity index (χ4v) is 4.57. The van der Waals surface area contributed by atoms with Gasteiger partial charge in [0.15, 0.2) is 0 Å². The molecule has 0 spiro atoms. The van der Waals surface area contributed by atoms with Gasteiger partial charge in [0.05, 0.1) is 16.4 Å². The molecule has 10 heteroatoms. The summed E-state index contributed by atoms with van der Waals surface area (Å²) in [5, 5.41) is 10.9. The Bertz CT molecular complexity index is 943. The van der Waals surface area contributed by atoms with Crippen molar-refractivity contribution in [2.24, 2.45) is 0 Å². The average molecular weight is 392 g/mol. The Balaban J connectivity index is 1.78. The largest absolute Gasteiger partial charge is 0.459 e. The van der Waals surface area contributed by atoms with Gasteiger partial charge in [-0.1, -0.05) is 6.07 Å². The molecule has 1 aromatic heterocycles. The zero-order valence-corrected chi connectivity index (χ0v) is 15.8. The molecule has 0 amide bonds. The third-order valence-electron chi connectivity index (χ3n) is 4.24. The summed E-state index contributed by atoms with van der Waals surface area (Å²) < 4.78 is 32.9. The molecular formula is C17H20N4O5S. The molecule has 0 N–H and O–H groups in total. The van der Waals surface area contributed by atoms with Crippen molar-refractivity contribution in [2.75, 3.05) is 13.1 Å². The van der Waals surface area contributed by atoms with E-state index in [4.69, 9.17) is 4.74 Å². The van der Waals surface area contributed by atoms with Gasteiger partial charge in [-0.2, -0.15) is 4.31 Å². The minimum atomic E-state index is -3.85. The van der Waals surface area contributed by atoms with E-state index >= 15 is 0 Å². The van der Waals surface area contributed by atoms with E-state index in [0.29, 0.717) is 19.4 Å². The Hall–Kier alpha value is -2.59. The van der Waals surface area contributed by atoms with Crippen LogP contribution in [0.5, 0.6) is 6.01 Å².